The number of fused-ring (bicyclic) bond motifs is 1. The van der Waals surface area contributed by atoms with Crippen molar-refractivity contribution in [3.05, 3.63) is 24.3 Å². The topological polar surface area (TPSA) is 57.8 Å². The lowest BCUT2D eigenvalue weighted by atomic mass is 9.75. The maximum atomic E-state index is 12.4. The summed E-state index contributed by atoms with van der Waals surface area (Å²) < 4.78 is 0. The van der Waals surface area contributed by atoms with Crippen molar-refractivity contribution in [3.63, 3.8) is 0 Å². The number of anilines is 1. The first-order chi connectivity index (χ1) is 9.17. The van der Waals surface area contributed by atoms with Crippen molar-refractivity contribution >= 4 is 22.9 Å². The molecule has 2 N–H and O–H groups in total. The van der Waals surface area contributed by atoms with Crippen LogP contribution in [0.15, 0.2) is 24.3 Å². The Morgan fingerprint density at radius 2 is 2.00 bits per heavy atom. The molecule has 100 valence electrons. The Kier molecular flexibility index (Phi) is 3.01. The minimum Gasteiger partial charge on any atom is -0.324 e. The largest absolute Gasteiger partial charge is 0.324 e. The van der Waals surface area contributed by atoms with Crippen molar-refractivity contribution in [1.82, 2.24) is 9.97 Å². The molecule has 0 spiro atoms. The highest BCUT2D eigenvalue weighted by Gasteiger charge is 2.34. The third kappa shape index (κ3) is 2.35. The van der Waals surface area contributed by atoms with E-state index in [4.69, 9.17) is 0 Å². The van der Waals surface area contributed by atoms with Gasteiger partial charge < -0.3 is 4.98 Å². The summed E-state index contributed by atoms with van der Waals surface area (Å²) in [7, 11) is 0. The third-order valence-corrected chi connectivity index (χ3v) is 4.13. The summed E-state index contributed by atoms with van der Waals surface area (Å²) in [5.74, 6) is 0.643. The van der Waals surface area contributed by atoms with E-state index in [1.807, 2.05) is 24.3 Å². The quantitative estimate of drug-likeness (QED) is 0.865. The Labute approximate surface area is 112 Å². The number of aromatic amines is 1. The average Bonchev–Trinajstić information content (AvgIpc) is 2.81. The van der Waals surface area contributed by atoms with Crippen molar-refractivity contribution in [2.24, 2.45) is 5.41 Å². The molecule has 2 aromatic rings. The van der Waals surface area contributed by atoms with Crippen molar-refractivity contribution < 1.29 is 4.79 Å². The number of hydrogen-bond acceptors (Lipinski definition) is 2. The number of H-pyrrole nitrogens is 1. The molecule has 1 aromatic heterocycles. The van der Waals surface area contributed by atoms with Gasteiger partial charge in [0.15, 0.2) is 0 Å². The van der Waals surface area contributed by atoms with Gasteiger partial charge in [-0.2, -0.15) is 0 Å². The molecule has 19 heavy (non-hydrogen) atoms. The maximum Gasteiger partial charge on any atom is 0.232 e. The Bertz CT molecular complexity index is 563. The number of aromatic nitrogens is 2. The van der Waals surface area contributed by atoms with Gasteiger partial charge in [-0.05, 0) is 25.0 Å². The van der Waals surface area contributed by atoms with Crippen molar-refractivity contribution in [1.29, 1.82) is 0 Å². The van der Waals surface area contributed by atoms with Crippen LogP contribution in [0.4, 0.5) is 5.95 Å². The highest BCUT2D eigenvalue weighted by molar-refractivity contribution is 5.95. The van der Waals surface area contributed by atoms with E-state index in [1.54, 1.807) is 0 Å². The molecule has 1 aromatic carbocycles. The highest BCUT2D eigenvalue weighted by Crippen LogP contribution is 2.36. The van der Waals surface area contributed by atoms with Crippen LogP contribution in [0, 0.1) is 5.41 Å². The second kappa shape index (κ2) is 4.68. The van der Waals surface area contributed by atoms with Crippen LogP contribution in [0.25, 0.3) is 11.0 Å². The Balaban J connectivity index is 1.78. The van der Waals surface area contributed by atoms with Crippen LogP contribution in [0.5, 0.6) is 0 Å². The van der Waals surface area contributed by atoms with Gasteiger partial charge in [-0.25, -0.2) is 4.98 Å². The number of para-hydroxylation sites is 2. The molecule has 1 heterocycles. The summed E-state index contributed by atoms with van der Waals surface area (Å²) in [6.45, 7) is 2.06. The highest BCUT2D eigenvalue weighted by atomic mass is 16.2. The molecule has 4 nitrogen and oxygen atoms in total. The minimum atomic E-state index is -0.239. The SMILES string of the molecule is CC1(C(=O)Nc2nc3ccccc3[nH]2)CCCCC1. The first-order valence-corrected chi connectivity index (χ1v) is 6.94. The second-order valence-corrected chi connectivity index (χ2v) is 5.68. The molecule has 0 radical (unpaired) electrons. The van der Waals surface area contributed by atoms with Crippen LogP contribution in [-0.4, -0.2) is 15.9 Å². The number of nitrogens with zero attached hydrogens (tertiary/aromatic N) is 1. The van der Waals surface area contributed by atoms with E-state index in [9.17, 15) is 4.79 Å². The lowest BCUT2D eigenvalue weighted by Crippen LogP contribution is -2.35. The zero-order valence-corrected chi connectivity index (χ0v) is 11.2. The maximum absolute atomic E-state index is 12.4. The standard InChI is InChI=1S/C15H19N3O/c1-15(9-5-2-6-10-15)13(19)18-14-16-11-7-3-4-8-12(11)17-14/h3-4,7-8H,2,5-6,9-10H2,1H3,(H2,16,17,18,19). The number of amides is 1. The van der Waals surface area contributed by atoms with Crippen molar-refractivity contribution in [3.8, 4) is 0 Å². The van der Waals surface area contributed by atoms with Gasteiger partial charge in [0.2, 0.25) is 11.9 Å². The molecule has 0 atom stereocenters. The van der Waals surface area contributed by atoms with E-state index in [2.05, 4.69) is 22.2 Å². The van der Waals surface area contributed by atoms with Gasteiger partial charge in [0.1, 0.15) is 0 Å². The van der Waals surface area contributed by atoms with Gasteiger partial charge >= 0.3 is 0 Å². The molecule has 1 aliphatic rings. The Morgan fingerprint density at radius 3 is 2.74 bits per heavy atom. The minimum absolute atomic E-state index is 0.0891. The summed E-state index contributed by atoms with van der Waals surface area (Å²) in [5.41, 5.74) is 1.59. The molecule has 1 fully saturated rings. The smallest absolute Gasteiger partial charge is 0.232 e. The Hall–Kier alpha value is -1.84. The summed E-state index contributed by atoms with van der Waals surface area (Å²) in [6.07, 6.45) is 5.47. The summed E-state index contributed by atoms with van der Waals surface area (Å²) in [4.78, 5) is 19.9. The van der Waals surface area contributed by atoms with Crippen molar-refractivity contribution in [2.45, 2.75) is 39.0 Å². The molecule has 0 bridgehead atoms. The molecular formula is C15H19N3O. The zero-order valence-electron chi connectivity index (χ0n) is 11.2. The summed E-state index contributed by atoms with van der Waals surface area (Å²) in [5, 5.41) is 2.94. The number of carbonyl (C=O) groups is 1. The van der Waals surface area contributed by atoms with Crippen molar-refractivity contribution in [2.75, 3.05) is 5.32 Å². The predicted molar refractivity (Wildman–Crippen MR) is 75.9 cm³/mol. The molecule has 1 aliphatic carbocycles. The third-order valence-electron chi connectivity index (χ3n) is 4.13. The Morgan fingerprint density at radius 1 is 1.26 bits per heavy atom. The van der Waals surface area contributed by atoms with Crippen LogP contribution in [0.3, 0.4) is 0 Å². The normalized spacial score (nSPS) is 18.4. The zero-order chi connectivity index (χ0) is 13.3. The number of hydrogen-bond donors (Lipinski definition) is 2. The van der Waals surface area contributed by atoms with Crippen LogP contribution in [0.1, 0.15) is 39.0 Å². The predicted octanol–water partition coefficient (Wildman–Crippen LogP) is 3.47. The molecule has 3 rings (SSSR count). The number of rotatable bonds is 2. The first kappa shape index (κ1) is 12.2. The number of benzene rings is 1. The number of nitrogens with one attached hydrogen (secondary N) is 2. The van der Waals surface area contributed by atoms with E-state index in [1.165, 1.54) is 6.42 Å². The van der Waals surface area contributed by atoms with Gasteiger partial charge in [0, 0.05) is 5.41 Å². The fourth-order valence-corrected chi connectivity index (χ4v) is 2.83. The van der Waals surface area contributed by atoms with E-state index in [0.29, 0.717) is 5.95 Å². The molecular weight excluding hydrogens is 238 g/mol. The number of imidazole rings is 1. The van der Waals surface area contributed by atoms with E-state index >= 15 is 0 Å². The first-order valence-electron chi connectivity index (χ1n) is 6.94. The summed E-state index contributed by atoms with van der Waals surface area (Å²) >= 11 is 0. The lowest BCUT2D eigenvalue weighted by Gasteiger charge is -2.31. The number of carbonyl (C=O) groups excluding carboxylic acids is 1. The fourth-order valence-electron chi connectivity index (χ4n) is 2.83. The average molecular weight is 257 g/mol. The van der Waals surface area contributed by atoms with Crippen LogP contribution < -0.4 is 5.32 Å². The van der Waals surface area contributed by atoms with E-state index in [-0.39, 0.29) is 11.3 Å². The van der Waals surface area contributed by atoms with Gasteiger partial charge in [-0.1, -0.05) is 38.3 Å². The molecule has 0 aliphatic heterocycles. The van der Waals surface area contributed by atoms with Gasteiger partial charge in [0.05, 0.1) is 11.0 Å². The van der Waals surface area contributed by atoms with Gasteiger partial charge in [0.25, 0.3) is 0 Å². The lowest BCUT2D eigenvalue weighted by molar-refractivity contribution is -0.126. The molecule has 1 saturated carbocycles. The van der Waals surface area contributed by atoms with Crippen LogP contribution in [0.2, 0.25) is 0 Å². The van der Waals surface area contributed by atoms with Crippen LogP contribution in [-0.2, 0) is 4.79 Å². The monoisotopic (exact) mass is 257 g/mol. The molecule has 1 amide bonds. The van der Waals surface area contributed by atoms with Crippen LogP contribution >= 0.6 is 0 Å². The van der Waals surface area contributed by atoms with Gasteiger partial charge in [-0.15, -0.1) is 0 Å². The molecule has 0 saturated heterocycles. The summed E-state index contributed by atoms with van der Waals surface area (Å²) in [6, 6.07) is 7.79. The fraction of sp³-hybridized carbons (Fsp3) is 0.467. The second-order valence-electron chi connectivity index (χ2n) is 5.68. The van der Waals surface area contributed by atoms with E-state index in [0.717, 1.165) is 36.7 Å². The van der Waals surface area contributed by atoms with E-state index < -0.39 is 0 Å². The van der Waals surface area contributed by atoms with Gasteiger partial charge in [-0.3, -0.25) is 10.1 Å². The molecule has 4 heteroatoms. The molecule has 0 unspecified atom stereocenters.